The molecule has 0 spiro atoms. The van der Waals surface area contributed by atoms with Crippen LogP contribution < -0.4 is 0 Å². The van der Waals surface area contributed by atoms with Crippen molar-refractivity contribution in [2.24, 2.45) is 35.0 Å². The Morgan fingerprint density at radius 1 is 1.17 bits per heavy atom. The molecule has 0 radical (unpaired) electrons. The van der Waals surface area contributed by atoms with E-state index >= 15 is 0 Å². The number of fused-ring (bicyclic) bond motifs is 5. The van der Waals surface area contributed by atoms with Crippen LogP contribution in [-0.2, 0) is 28.6 Å². The molecule has 0 aromatic carbocycles. The molecule has 1 heterocycles. The molecule has 1 N–H and O–H groups in total. The number of rotatable bonds is 7. The monoisotopic (exact) mass is 502 g/mol. The Morgan fingerprint density at radius 3 is 2.56 bits per heavy atom. The van der Waals surface area contributed by atoms with Crippen molar-refractivity contribution in [2.75, 3.05) is 6.61 Å². The zero-order chi connectivity index (χ0) is 25.8. The third-order valence-corrected chi connectivity index (χ3v) is 10.1. The molecule has 8 atom stereocenters. The standard InChI is InChI=1S/C29H42O7/c1-5-6-7-8-23(30)35-22-13-21-19(15-34-21)20-14-29(33)12-11-16(2)24(17(29)3)25(26(31)28(20,22)4)36-27(32)18-9-10-18/h16-22,33H,5-15H2,1-4H3/b25-24+. The fraction of sp³-hybridized carbons (Fsp3) is 0.828. The summed E-state index contributed by atoms with van der Waals surface area (Å²) < 4.78 is 17.9. The average Bonchev–Trinajstić information content (AvgIpc) is 3.66. The largest absolute Gasteiger partial charge is 0.461 e. The van der Waals surface area contributed by atoms with Gasteiger partial charge in [-0.3, -0.25) is 14.4 Å². The van der Waals surface area contributed by atoms with E-state index in [-0.39, 0.29) is 59.2 Å². The van der Waals surface area contributed by atoms with Gasteiger partial charge in [0.2, 0.25) is 5.78 Å². The molecule has 7 nitrogen and oxygen atoms in total. The van der Waals surface area contributed by atoms with Crippen molar-refractivity contribution in [2.45, 2.75) is 110 Å². The summed E-state index contributed by atoms with van der Waals surface area (Å²) in [6.07, 6.45) is 6.07. The topological polar surface area (TPSA) is 99.1 Å². The molecule has 2 bridgehead atoms. The van der Waals surface area contributed by atoms with Crippen molar-refractivity contribution < 1.29 is 33.7 Å². The molecule has 1 saturated heterocycles. The van der Waals surface area contributed by atoms with E-state index in [1.165, 1.54) is 0 Å². The van der Waals surface area contributed by atoms with Crippen molar-refractivity contribution in [1.82, 2.24) is 0 Å². The lowest BCUT2D eigenvalue weighted by Crippen LogP contribution is -2.66. The smallest absolute Gasteiger partial charge is 0.314 e. The van der Waals surface area contributed by atoms with Gasteiger partial charge in [0.1, 0.15) is 6.10 Å². The van der Waals surface area contributed by atoms with E-state index in [1.54, 1.807) is 0 Å². The number of ether oxygens (including phenoxy) is 3. The first kappa shape index (κ1) is 25.9. The third kappa shape index (κ3) is 4.24. The Morgan fingerprint density at radius 2 is 1.92 bits per heavy atom. The number of ketones is 1. The van der Waals surface area contributed by atoms with Crippen molar-refractivity contribution in [3.8, 4) is 0 Å². The maximum absolute atomic E-state index is 14.6. The second-order valence-electron chi connectivity index (χ2n) is 12.4. The van der Waals surface area contributed by atoms with Crippen LogP contribution in [0.1, 0.15) is 91.9 Å². The van der Waals surface area contributed by atoms with E-state index in [1.807, 2.05) is 20.8 Å². The number of carbonyl (C=O) groups excluding carboxylic acids is 3. The van der Waals surface area contributed by atoms with E-state index in [2.05, 4.69) is 6.92 Å². The Labute approximate surface area is 214 Å². The van der Waals surface area contributed by atoms with Crippen LogP contribution >= 0.6 is 0 Å². The van der Waals surface area contributed by atoms with Crippen LogP contribution in [0.3, 0.4) is 0 Å². The number of aliphatic hydroxyl groups is 1. The number of hydrogen-bond donors (Lipinski definition) is 1. The van der Waals surface area contributed by atoms with Crippen LogP contribution in [0.15, 0.2) is 11.3 Å². The molecule has 0 amide bonds. The second kappa shape index (κ2) is 9.54. The normalized spacial score (nSPS) is 43.9. The average molecular weight is 503 g/mol. The summed E-state index contributed by atoms with van der Waals surface area (Å²) in [4.78, 5) is 40.4. The van der Waals surface area contributed by atoms with Gasteiger partial charge in [-0.15, -0.1) is 0 Å². The zero-order valence-corrected chi connectivity index (χ0v) is 22.2. The van der Waals surface area contributed by atoms with Gasteiger partial charge < -0.3 is 19.3 Å². The van der Waals surface area contributed by atoms with E-state index in [4.69, 9.17) is 14.2 Å². The predicted octanol–water partition coefficient (Wildman–Crippen LogP) is 4.50. The second-order valence-corrected chi connectivity index (χ2v) is 12.4. The first-order valence-corrected chi connectivity index (χ1v) is 14.1. The molecule has 8 unspecified atom stereocenters. The number of carbonyl (C=O) groups is 3. The van der Waals surface area contributed by atoms with Gasteiger partial charge in [-0.05, 0) is 62.9 Å². The summed E-state index contributed by atoms with van der Waals surface area (Å²) in [7, 11) is 0. The molecular weight excluding hydrogens is 460 g/mol. The van der Waals surface area contributed by atoms with E-state index in [0.717, 1.165) is 44.1 Å². The first-order valence-electron chi connectivity index (χ1n) is 14.1. The zero-order valence-electron chi connectivity index (χ0n) is 22.2. The molecule has 1 aliphatic heterocycles. The maximum Gasteiger partial charge on any atom is 0.314 e. The minimum atomic E-state index is -1.10. The van der Waals surface area contributed by atoms with Gasteiger partial charge in [0.15, 0.2) is 5.76 Å². The highest BCUT2D eigenvalue weighted by atomic mass is 16.6. The van der Waals surface area contributed by atoms with E-state index in [9.17, 15) is 19.5 Å². The van der Waals surface area contributed by atoms with Crippen molar-refractivity contribution >= 4 is 17.7 Å². The summed E-state index contributed by atoms with van der Waals surface area (Å²) in [6.45, 7) is 8.51. The Kier molecular flexibility index (Phi) is 6.86. The van der Waals surface area contributed by atoms with Gasteiger partial charge in [0, 0.05) is 24.7 Å². The molecule has 7 heteroatoms. The highest BCUT2D eigenvalue weighted by molar-refractivity contribution is 6.02. The van der Waals surface area contributed by atoms with Gasteiger partial charge in [0.25, 0.3) is 0 Å². The molecule has 36 heavy (non-hydrogen) atoms. The lowest BCUT2D eigenvalue weighted by atomic mass is 9.50. The molecule has 5 aliphatic rings. The van der Waals surface area contributed by atoms with Crippen molar-refractivity contribution in [1.29, 1.82) is 0 Å². The summed E-state index contributed by atoms with van der Waals surface area (Å²) in [6, 6.07) is 0. The SMILES string of the molecule is CCCCCC(=O)OC1CC2OCC2C2CC3(O)CCC(C)/C(=C(\OC(=O)C4CC4)C(=O)C12C)C3C. The van der Waals surface area contributed by atoms with Gasteiger partial charge in [0.05, 0.1) is 29.6 Å². The van der Waals surface area contributed by atoms with Crippen molar-refractivity contribution in [3.05, 3.63) is 11.3 Å². The highest BCUT2D eigenvalue weighted by Crippen LogP contribution is 2.59. The molecule has 200 valence electrons. The van der Waals surface area contributed by atoms with Gasteiger partial charge >= 0.3 is 11.9 Å². The summed E-state index contributed by atoms with van der Waals surface area (Å²) in [5.74, 6) is -1.35. The van der Waals surface area contributed by atoms with E-state index in [0.29, 0.717) is 32.3 Å². The van der Waals surface area contributed by atoms with Gasteiger partial charge in [-0.1, -0.05) is 33.6 Å². The van der Waals surface area contributed by atoms with Crippen LogP contribution in [0.5, 0.6) is 0 Å². The first-order chi connectivity index (χ1) is 17.1. The van der Waals surface area contributed by atoms with Gasteiger partial charge in [-0.25, -0.2) is 0 Å². The fourth-order valence-corrected chi connectivity index (χ4v) is 7.30. The minimum absolute atomic E-state index is 0.0183. The lowest BCUT2D eigenvalue weighted by molar-refractivity contribution is -0.240. The van der Waals surface area contributed by atoms with Crippen LogP contribution in [0.2, 0.25) is 0 Å². The molecule has 5 rings (SSSR count). The number of hydrogen-bond acceptors (Lipinski definition) is 7. The number of unbranched alkanes of at least 4 members (excludes halogenated alkanes) is 2. The molecule has 0 aromatic rings. The number of allylic oxidation sites excluding steroid dienone is 1. The molecular formula is C29H42O7. The van der Waals surface area contributed by atoms with Gasteiger partial charge in [-0.2, -0.15) is 0 Å². The Bertz CT molecular complexity index is 951. The lowest BCUT2D eigenvalue weighted by Gasteiger charge is -2.59. The predicted molar refractivity (Wildman–Crippen MR) is 131 cm³/mol. The highest BCUT2D eigenvalue weighted by Gasteiger charge is 2.65. The van der Waals surface area contributed by atoms with Crippen LogP contribution in [0.4, 0.5) is 0 Å². The third-order valence-electron chi connectivity index (χ3n) is 10.1. The number of Topliss-reactive ketones (excluding diaryl/α,β-unsaturated/α-hetero) is 1. The summed E-state index contributed by atoms with van der Waals surface area (Å²) >= 11 is 0. The fourth-order valence-electron chi connectivity index (χ4n) is 7.30. The maximum atomic E-state index is 14.6. The van der Waals surface area contributed by atoms with Crippen LogP contribution in [-0.4, -0.2) is 47.2 Å². The molecule has 0 aromatic heterocycles. The minimum Gasteiger partial charge on any atom is -0.461 e. The van der Waals surface area contributed by atoms with Crippen molar-refractivity contribution in [3.63, 3.8) is 0 Å². The van der Waals surface area contributed by atoms with Crippen LogP contribution in [0, 0.1) is 35.0 Å². The molecule has 3 saturated carbocycles. The summed E-state index contributed by atoms with van der Waals surface area (Å²) in [5, 5.41) is 12.0. The Hall–Kier alpha value is -1.73. The molecule has 4 fully saturated rings. The quantitative estimate of drug-likeness (QED) is 0.404. The summed E-state index contributed by atoms with van der Waals surface area (Å²) in [5.41, 5.74) is -1.36. The molecule has 4 aliphatic carbocycles. The van der Waals surface area contributed by atoms with E-state index < -0.39 is 17.1 Å². The Balaban J connectivity index is 1.57. The number of esters is 2. The van der Waals surface area contributed by atoms with Crippen LogP contribution in [0.25, 0.3) is 0 Å².